The molecule has 0 radical (unpaired) electrons. The van der Waals surface area contributed by atoms with Crippen LogP contribution in [0.15, 0.2) is 18.2 Å². The number of halogens is 1. The summed E-state index contributed by atoms with van der Waals surface area (Å²) in [6, 6.07) is 3.50. The predicted octanol–water partition coefficient (Wildman–Crippen LogP) is 1.62. The van der Waals surface area contributed by atoms with Crippen molar-refractivity contribution in [3.05, 3.63) is 29.6 Å². The second-order valence-corrected chi connectivity index (χ2v) is 4.35. The van der Waals surface area contributed by atoms with Crippen LogP contribution >= 0.6 is 0 Å². The van der Waals surface area contributed by atoms with Gasteiger partial charge in [0.05, 0.1) is 12.7 Å². The third kappa shape index (κ3) is 3.27. The minimum atomic E-state index is -2.48. The molecule has 0 aliphatic heterocycles. The van der Waals surface area contributed by atoms with Gasteiger partial charge in [0.2, 0.25) is 0 Å². The number of hydrogen-bond donors (Lipinski definition) is 0. The lowest BCUT2D eigenvalue weighted by molar-refractivity contribution is 0.0595. The Bertz CT molecular complexity index is 466. The van der Waals surface area contributed by atoms with E-state index in [0.717, 1.165) is 23.5 Å². The summed E-state index contributed by atoms with van der Waals surface area (Å²) in [6.07, 6.45) is 0.596. The van der Waals surface area contributed by atoms with Crippen LogP contribution in [0, 0.1) is 5.82 Å². The molecule has 1 atom stereocenters. The fourth-order valence-electron chi connectivity index (χ4n) is 1.43. The average Bonchev–Trinajstić information content (AvgIpc) is 2.35. The van der Waals surface area contributed by atoms with E-state index in [1.54, 1.807) is 0 Å². The van der Waals surface area contributed by atoms with Gasteiger partial charge in [-0.15, -0.1) is 0 Å². The summed E-state index contributed by atoms with van der Waals surface area (Å²) in [5.41, 5.74) is -0.0615. The number of ether oxygens (including phenoxy) is 1. The number of carbonyl (C=O) groups excluding carboxylic acids is 1. The van der Waals surface area contributed by atoms with Gasteiger partial charge in [-0.25, -0.2) is 9.18 Å². The summed E-state index contributed by atoms with van der Waals surface area (Å²) in [4.78, 5) is 11.3. The van der Waals surface area contributed by atoms with Crippen LogP contribution < -0.4 is 4.31 Å². The molecule has 18 heavy (non-hydrogen) atoms. The zero-order valence-electron chi connectivity index (χ0n) is 10.0. The number of methoxy groups -OCH3 is 1. The minimum Gasteiger partial charge on any atom is -0.755 e. The molecule has 0 saturated carbocycles. The smallest absolute Gasteiger partial charge is 0.340 e. The van der Waals surface area contributed by atoms with E-state index in [1.807, 2.05) is 6.92 Å². The quantitative estimate of drug-likeness (QED) is 0.604. The van der Waals surface area contributed by atoms with Gasteiger partial charge in [0.25, 0.3) is 0 Å². The molecule has 1 aromatic rings. The van der Waals surface area contributed by atoms with E-state index in [2.05, 4.69) is 4.74 Å². The normalized spacial score (nSPS) is 12.0. The topological polar surface area (TPSA) is 69.7 Å². The van der Waals surface area contributed by atoms with Gasteiger partial charge in [-0.05, 0) is 24.6 Å². The van der Waals surface area contributed by atoms with Crippen LogP contribution in [0.5, 0.6) is 0 Å². The number of nitrogens with zero attached hydrogens (tertiary/aromatic N) is 1. The van der Waals surface area contributed by atoms with Gasteiger partial charge in [-0.2, -0.15) is 0 Å². The van der Waals surface area contributed by atoms with Crippen molar-refractivity contribution in [1.82, 2.24) is 0 Å². The van der Waals surface area contributed by atoms with Crippen LogP contribution in [0.4, 0.5) is 10.1 Å². The molecule has 100 valence electrons. The lowest BCUT2D eigenvalue weighted by Crippen LogP contribution is -2.26. The Labute approximate surface area is 107 Å². The average molecular weight is 274 g/mol. The van der Waals surface area contributed by atoms with Gasteiger partial charge < -0.3 is 13.6 Å². The van der Waals surface area contributed by atoms with E-state index in [1.165, 1.54) is 6.07 Å². The first-order valence-corrected chi connectivity index (χ1v) is 6.29. The largest absolute Gasteiger partial charge is 0.755 e. The van der Waals surface area contributed by atoms with E-state index in [4.69, 9.17) is 0 Å². The molecular weight excluding hydrogens is 261 g/mol. The first kappa shape index (κ1) is 14.6. The molecule has 5 nitrogen and oxygen atoms in total. The van der Waals surface area contributed by atoms with Crippen LogP contribution in [0.25, 0.3) is 0 Å². The van der Waals surface area contributed by atoms with E-state index in [-0.39, 0.29) is 17.8 Å². The standard InChI is InChI=1S/C11H14FNO4S/c1-3-6-13(18(15)16)8-4-5-10(12)9(7-8)11(14)17-2/h4-5,7H,3,6H2,1-2H3,(H,15,16)/p-1. The first-order valence-electron chi connectivity index (χ1n) is 5.26. The van der Waals surface area contributed by atoms with E-state index >= 15 is 0 Å². The molecule has 0 saturated heterocycles. The Balaban J connectivity index is 3.17. The molecule has 1 rings (SSSR count). The summed E-state index contributed by atoms with van der Waals surface area (Å²) in [6.45, 7) is 2.06. The van der Waals surface area contributed by atoms with Crippen molar-refractivity contribution < 1.29 is 22.7 Å². The van der Waals surface area contributed by atoms with E-state index in [0.29, 0.717) is 6.42 Å². The first-order chi connectivity index (χ1) is 8.51. The molecule has 1 aromatic carbocycles. The van der Waals surface area contributed by atoms with E-state index in [9.17, 15) is 17.9 Å². The van der Waals surface area contributed by atoms with Crippen molar-refractivity contribution in [3.8, 4) is 0 Å². The van der Waals surface area contributed by atoms with Gasteiger partial charge in [-0.1, -0.05) is 6.92 Å². The van der Waals surface area contributed by atoms with Gasteiger partial charge in [-0.3, -0.25) is 4.21 Å². The maximum Gasteiger partial charge on any atom is 0.340 e. The van der Waals surface area contributed by atoms with Crippen LogP contribution in [0.1, 0.15) is 23.7 Å². The molecule has 0 aliphatic carbocycles. The van der Waals surface area contributed by atoms with Gasteiger partial charge in [0.1, 0.15) is 5.82 Å². The van der Waals surface area contributed by atoms with Crippen molar-refractivity contribution in [2.45, 2.75) is 13.3 Å². The highest BCUT2D eigenvalue weighted by molar-refractivity contribution is 7.80. The Morgan fingerprint density at radius 3 is 2.72 bits per heavy atom. The second-order valence-electron chi connectivity index (χ2n) is 3.47. The molecule has 1 unspecified atom stereocenters. The number of rotatable bonds is 5. The lowest BCUT2D eigenvalue weighted by Gasteiger charge is -2.26. The minimum absolute atomic E-state index is 0.229. The van der Waals surface area contributed by atoms with Crippen LogP contribution in [0.3, 0.4) is 0 Å². The van der Waals surface area contributed by atoms with Crippen molar-refractivity contribution in [1.29, 1.82) is 0 Å². The SMILES string of the molecule is CCCN(c1ccc(F)c(C(=O)OC)c1)S(=O)[O-]. The molecule has 0 aromatic heterocycles. The van der Waals surface area contributed by atoms with Gasteiger partial charge in [0.15, 0.2) is 0 Å². The highest BCUT2D eigenvalue weighted by atomic mass is 32.2. The molecular formula is C11H13FNO4S-. The Hall–Kier alpha value is -1.47. The Morgan fingerprint density at radius 2 is 2.22 bits per heavy atom. The maximum atomic E-state index is 13.4. The van der Waals surface area contributed by atoms with Crippen LogP contribution in [0.2, 0.25) is 0 Å². The predicted molar refractivity (Wildman–Crippen MR) is 64.3 cm³/mol. The van der Waals surface area contributed by atoms with Crippen molar-refractivity contribution in [2.75, 3.05) is 18.0 Å². The summed E-state index contributed by atoms with van der Waals surface area (Å²) < 4.78 is 40.9. The van der Waals surface area contributed by atoms with Crippen LogP contribution in [-0.4, -0.2) is 28.4 Å². The number of benzene rings is 1. The zero-order valence-corrected chi connectivity index (χ0v) is 10.8. The summed E-state index contributed by atoms with van der Waals surface area (Å²) in [7, 11) is 1.13. The van der Waals surface area contributed by atoms with Gasteiger partial charge >= 0.3 is 5.97 Å². The molecule has 0 spiro atoms. The number of carbonyl (C=O) groups is 1. The molecule has 7 heteroatoms. The lowest BCUT2D eigenvalue weighted by atomic mass is 10.2. The summed E-state index contributed by atoms with van der Waals surface area (Å²) >= 11 is -2.48. The van der Waals surface area contributed by atoms with Crippen LogP contribution in [-0.2, 0) is 16.0 Å². The third-order valence-corrected chi connectivity index (χ3v) is 3.00. The highest BCUT2D eigenvalue weighted by Gasteiger charge is 2.15. The Kier molecular flexibility index (Phi) is 5.24. The fourth-order valence-corrected chi connectivity index (χ4v) is 2.04. The van der Waals surface area contributed by atoms with E-state index < -0.39 is 23.1 Å². The Morgan fingerprint density at radius 1 is 1.56 bits per heavy atom. The number of esters is 1. The second kappa shape index (κ2) is 6.46. The molecule has 0 amide bonds. The monoisotopic (exact) mass is 274 g/mol. The molecule has 0 fully saturated rings. The van der Waals surface area contributed by atoms with Gasteiger partial charge in [0, 0.05) is 23.5 Å². The van der Waals surface area contributed by atoms with Crippen molar-refractivity contribution in [3.63, 3.8) is 0 Å². The summed E-state index contributed by atoms with van der Waals surface area (Å²) in [5, 5.41) is 0. The molecule has 0 bridgehead atoms. The fraction of sp³-hybridized carbons (Fsp3) is 0.364. The number of hydrogen-bond acceptors (Lipinski definition) is 4. The van der Waals surface area contributed by atoms with Crippen molar-refractivity contribution >= 4 is 22.9 Å². The van der Waals surface area contributed by atoms with Crippen molar-refractivity contribution in [2.24, 2.45) is 0 Å². The molecule has 0 N–H and O–H groups in total. The summed E-state index contributed by atoms with van der Waals surface area (Å²) in [5.74, 6) is -1.60. The highest BCUT2D eigenvalue weighted by Crippen LogP contribution is 2.21. The zero-order chi connectivity index (χ0) is 13.7. The molecule has 0 heterocycles. The maximum absolute atomic E-state index is 13.4. The third-order valence-electron chi connectivity index (χ3n) is 2.25. The molecule has 0 aliphatic rings. The number of anilines is 1.